The fraction of sp³-hybridized carbons (Fsp3) is 0.857. The molecule has 2 fully saturated rings. The number of likely N-dealkylation sites (N-methyl/N-ethyl adjacent to an activating group) is 1. The van der Waals surface area contributed by atoms with Crippen molar-refractivity contribution in [2.24, 2.45) is 5.92 Å². The van der Waals surface area contributed by atoms with Gasteiger partial charge in [0.1, 0.15) is 0 Å². The molecule has 0 radical (unpaired) electrons. The van der Waals surface area contributed by atoms with Crippen LogP contribution in [0.25, 0.3) is 0 Å². The SMILES string of the molecule is CCN(CC1CCCNC1)C(=O)CN1CCCC1=O. The molecule has 0 aromatic rings. The molecular weight excluding hydrogens is 242 g/mol. The zero-order chi connectivity index (χ0) is 13.7. The van der Waals surface area contributed by atoms with Gasteiger partial charge in [0.05, 0.1) is 6.54 Å². The van der Waals surface area contributed by atoms with Crippen LogP contribution in [-0.2, 0) is 9.59 Å². The number of piperidine rings is 1. The molecule has 0 aliphatic carbocycles. The molecule has 0 bridgehead atoms. The monoisotopic (exact) mass is 267 g/mol. The third kappa shape index (κ3) is 3.93. The minimum Gasteiger partial charge on any atom is -0.341 e. The molecule has 2 amide bonds. The maximum absolute atomic E-state index is 12.3. The van der Waals surface area contributed by atoms with Crippen molar-refractivity contribution >= 4 is 11.8 Å². The van der Waals surface area contributed by atoms with Gasteiger partial charge in [-0.25, -0.2) is 0 Å². The van der Waals surface area contributed by atoms with Crippen LogP contribution in [0.15, 0.2) is 0 Å². The van der Waals surface area contributed by atoms with Crippen LogP contribution < -0.4 is 5.32 Å². The summed E-state index contributed by atoms with van der Waals surface area (Å²) in [5, 5.41) is 3.38. The predicted molar refractivity (Wildman–Crippen MR) is 73.7 cm³/mol. The summed E-state index contributed by atoms with van der Waals surface area (Å²) in [6.45, 7) is 6.69. The number of carbonyl (C=O) groups excluding carboxylic acids is 2. The first-order valence-electron chi connectivity index (χ1n) is 7.47. The second-order valence-electron chi connectivity index (χ2n) is 5.56. The zero-order valence-electron chi connectivity index (χ0n) is 11.9. The quantitative estimate of drug-likeness (QED) is 0.787. The number of hydrogen-bond donors (Lipinski definition) is 1. The Hall–Kier alpha value is -1.10. The van der Waals surface area contributed by atoms with Gasteiger partial charge < -0.3 is 15.1 Å². The molecule has 2 saturated heterocycles. The van der Waals surface area contributed by atoms with E-state index in [1.165, 1.54) is 12.8 Å². The zero-order valence-corrected chi connectivity index (χ0v) is 11.9. The average molecular weight is 267 g/mol. The molecule has 5 nitrogen and oxygen atoms in total. The largest absolute Gasteiger partial charge is 0.341 e. The fourth-order valence-corrected chi connectivity index (χ4v) is 2.93. The van der Waals surface area contributed by atoms with Gasteiger partial charge in [-0.1, -0.05) is 0 Å². The molecular formula is C14H25N3O2. The van der Waals surface area contributed by atoms with E-state index in [2.05, 4.69) is 5.32 Å². The number of hydrogen-bond acceptors (Lipinski definition) is 3. The fourth-order valence-electron chi connectivity index (χ4n) is 2.93. The summed E-state index contributed by atoms with van der Waals surface area (Å²) in [6, 6.07) is 0. The van der Waals surface area contributed by atoms with E-state index in [-0.39, 0.29) is 18.4 Å². The molecule has 1 unspecified atom stereocenters. The number of nitrogens with zero attached hydrogens (tertiary/aromatic N) is 2. The van der Waals surface area contributed by atoms with Gasteiger partial charge in [-0.15, -0.1) is 0 Å². The van der Waals surface area contributed by atoms with Crippen molar-refractivity contribution in [1.29, 1.82) is 0 Å². The summed E-state index contributed by atoms with van der Waals surface area (Å²) in [7, 11) is 0. The van der Waals surface area contributed by atoms with E-state index in [9.17, 15) is 9.59 Å². The summed E-state index contributed by atoms with van der Waals surface area (Å²) < 4.78 is 0. The number of carbonyl (C=O) groups is 2. The summed E-state index contributed by atoms with van der Waals surface area (Å²) >= 11 is 0. The number of amides is 2. The Labute approximate surface area is 115 Å². The van der Waals surface area contributed by atoms with Crippen molar-refractivity contribution in [2.75, 3.05) is 39.3 Å². The first kappa shape index (κ1) is 14.3. The number of likely N-dealkylation sites (tertiary alicyclic amines) is 1. The van der Waals surface area contributed by atoms with Gasteiger partial charge in [0, 0.05) is 26.1 Å². The van der Waals surface area contributed by atoms with Crippen LogP contribution in [0, 0.1) is 5.92 Å². The first-order chi connectivity index (χ1) is 9.20. The maximum atomic E-state index is 12.3. The van der Waals surface area contributed by atoms with E-state index in [1.54, 1.807) is 4.90 Å². The highest BCUT2D eigenvalue weighted by atomic mass is 16.2. The molecule has 0 aromatic heterocycles. The molecule has 19 heavy (non-hydrogen) atoms. The lowest BCUT2D eigenvalue weighted by atomic mass is 9.99. The first-order valence-corrected chi connectivity index (χ1v) is 7.47. The van der Waals surface area contributed by atoms with E-state index in [1.807, 2.05) is 11.8 Å². The van der Waals surface area contributed by atoms with Crippen LogP contribution in [0.1, 0.15) is 32.6 Å². The third-order valence-electron chi connectivity index (χ3n) is 4.11. The van der Waals surface area contributed by atoms with Crippen LogP contribution in [-0.4, -0.2) is 60.9 Å². The molecule has 108 valence electrons. The minimum absolute atomic E-state index is 0.100. The Morgan fingerprint density at radius 1 is 1.47 bits per heavy atom. The molecule has 2 rings (SSSR count). The van der Waals surface area contributed by atoms with Gasteiger partial charge in [-0.2, -0.15) is 0 Å². The van der Waals surface area contributed by atoms with E-state index in [0.717, 1.165) is 39.1 Å². The Kier molecular flexibility index (Phi) is 5.19. The second kappa shape index (κ2) is 6.89. The lowest BCUT2D eigenvalue weighted by Gasteiger charge is -2.30. The van der Waals surface area contributed by atoms with Crippen molar-refractivity contribution in [3.8, 4) is 0 Å². The topological polar surface area (TPSA) is 52.7 Å². The summed E-state index contributed by atoms with van der Waals surface area (Å²) in [6.07, 6.45) is 3.89. The molecule has 2 heterocycles. The summed E-state index contributed by atoms with van der Waals surface area (Å²) in [5.74, 6) is 0.791. The third-order valence-corrected chi connectivity index (χ3v) is 4.11. The Bertz CT molecular complexity index is 327. The van der Waals surface area contributed by atoms with Crippen LogP contribution in [0.2, 0.25) is 0 Å². The van der Waals surface area contributed by atoms with Crippen LogP contribution in [0.3, 0.4) is 0 Å². The Morgan fingerprint density at radius 2 is 2.32 bits per heavy atom. The molecule has 0 spiro atoms. The molecule has 1 N–H and O–H groups in total. The minimum atomic E-state index is 0.100. The molecule has 2 aliphatic rings. The van der Waals surface area contributed by atoms with Crippen molar-refractivity contribution < 1.29 is 9.59 Å². The van der Waals surface area contributed by atoms with Crippen LogP contribution >= 0.6 is 0 Å². The van der Waals surface area contributed by atoms with E-state index in [0.29, 0.717) is 12.3 Å². The Balaban J connectivity index is 1.82. The van der Waals surface area contributed by atoms with Gasteiger partial charge >= 0.3 is 0 Å². The van der Waals surface area contributed by atoms with Crippen LogP contribution in [0.5, 0.6) is 0 Å². The summed E-state index contributed by atoms with van der Waals surface area (Å²) in [4.78, 5) is 27.4. The highest BCUT2D eigenvalue weighted by Crippen LogP contribution is 2.13. The predicted octanol–water partition coefficient (Wildman–Crippen LogP) is 0.457. The second-order valence-corrected chi connectivity index (χ2v) is 5.56. The van der Waals surface area contributed by atoms with E-state index >= 15 is 0 Å². The van der Waals surface area contributed by atoms with Gasteiger partial charge in [0.25, 0.3) is 0 Å². The van der Waals surface area contributed by atoms with E-state index < -0.39 is 0 Å². The Morgan fingerprint density at radius 3 is 2.89 bits per heavy atom. The van der Waals surface area contributed by atoms with Gasteiger partial charge in [-0.3, -0.25) is 9.59 Å². The average Bonchev–Trinajstić information content (AvgIpc) is 2.82. The molecule has 0 saturated carbocycles. The normalized spacial score (nSPS) is 23.7. The standard InChI is InChI=1S/C14H25N3O2/c1-2-16(10-12-5-3-7-15-9-12)14(19)11-17-8-4-6-13(17)18/h12,15H,2-11H2,1H3. The number of rotatable bonds is 5. The lowest BCUT2D eigenvalue weighted by Crippen LogP contribution is -2.45. The number of nitrogens with one attached hydrogen (secondary N) is 1. The maximum Gasteiger partial charge on any atom is 0.242 e. The highest BCUT2D eigenvalue weighted by molar-refractivity contribution is 5.85. The summed E-state index contributed by atoms with van der Waals surface area (Å²) in [5.41, 5.74) is 0. The van der Waals surface area contributed by atoms with Crippen molar-refractivity contribution in [2.45, 2.75) is 32.6 Å². The smallest absolute Gasteiger partial charge is 0.242 e. The molecule has 5 heteroatoms. The molecule has 1 atom stereocenters. The molecule has 0 aromatic carbocycles. The van der Waals surface area contributed by atoms with Gasteiger partial charge in [0.2, 0.25) is 11.8 Å². The van der Waals surface area contributed by atoms with Crippen molar-refractivity contribution in [3.05, 3.63) is 0 Å². The van der Waals surface area contributed by atoms with Crippen molar-refractivity contribution in [3.63, 3.8) is 0 Å². The van der Waals surface area contributed by atoms with Gasteiger partial charge in [-0.05, 0) is 45.2 Å². The van der Waals surface area contributed by atoms with E-state index in [4.69, 9.17) is 0 Å². The van der Waals surface area contributed by atoms with Crippen LogP contribution in [0.4, 0.5) is 0 Å². The molecule has 2 aliphatic heterocycles. The lowest BCUT2D eigenvalue weighted by molar-refractivity contribution is -0.138. The van der Waals surface area contributed by atoms with Gasteiger partial charge in [0.15, 0.2) is 0 Å². The highest BCUT2D eigenvalue weighted by Gasteiger charge is 2.25. The van der Waals surface area contributed by atoms with Crippen molar-refractivity contribution in [1.82, 2.24) is 15.1 Å².